The van der Waals surface area contributed by atoms with Gasteiger partial charge >= 0.3 is 6.03 Å². The lowest BCUT2D eigenvalue weighted by Crippen LogP contribution is -2.58. The number of aldehydes is 1. The summed E-state index contributed by atoms with van der Waals surface area (Å²) in [4.78, 5) is 32.5. The minimum Gasteiger partial charge on any atom is -0.394 e. The minimum atomic E-state index is -1.86. The molecule has 20 heavy (non-hydrogen) atoms. The van der Waals surface area contributed by atoms with Gasteiger partial charge in [-0.2, -0.15) is 5.01 Å². The van der Waals surface area contributed by atoms with E-state index in [0.29, 0.717) is 5.01 Å². The zero-order chi connectivity index (χ0) is 15.7. The standard InChI is InChI=1S/C9H16ClN3O7/c10-1-2-13(12-20)9(19)11-7(5(16)3-14)8(18)6(17)4-15/h3,5-8,15-18H,1-2,4H2,(H,11,19). The fourth-order valence-electron chi connectivity index (χ4n) is 1.28. The summed E-state index contributed by atoms with van der Waals surface area (Å²) in [5.74, 6) is -0.0954. The van der Waals surface area contributed by atoms with E-state index in [2.05, 4.69) is 5.29 Å². The molecular formula is C9H16ClN3O7. The van der Waals surface area contributed by atoms with Crippen LogP contribution in [0.3, 0.4) is 0 Å². The molecule has 0 spiro atoms. The number of nitroso groups, excluding NO2 is 1. The molecule has 116 valence electrons. The van der Waals surface area contributed by atoms with E-state index in [4.69, 9.17) is 16.7 Å². The van der Waals surface area contributed by atoms with Crippen LogP contribution in [0, 0.1) is 4.91 Å². The summed E-state index contributed by atoms with van der Waals surface area (Å²) in [6, 6.07) is -2.77. The number of alkyl halides is 1. The van der Waals surface area contributed by atoms with E-state index < -0.39 is 37.0 Å². The molecule has 4 atom stereocenters. The van der Waals surface area contributed by atoms with Crippen molar-refractivity contribution in [1.82, 2.24) is 10.3 Å². The normalized spacial score (nSPS) is 16.6. The molecule has 0 saturated heterocycles. The SMILES string of the molecule is O=CC(O)C(NC(=O)N(CCCl)N=O)C(O)C(O)CO. The van der Waals surface area contributed by atoms with Gasteiger partial charge in [-0.05, 0) is 0 Å². The first-order valence-electron chi connectivity index (χ1n) is 5.50. The van der Waals surface area contributed by atoms with Gasteiger partial charge in [0.15, 0.2) is 6.29 Å². The second kappa shape index (κ2) is 9.55. The van der Waals surface area contributed by atoms with Crippen molar-refractivity contribution in [2.24, 2.45) is 5.29 Å². The van der Waals surface area contributed by atoms with Crippen molar-refractivity contribution in [3.05, 3.63) is 4.91 Å². The number of carbonyl (C=O) groups is 2. The Morgan fingerprint density at radius 3 is 2.40 bits per heavy atom. The van der Waals surface area contributed by atoms with Crippen LogP contribution in [-0.2, 0) is 4.79 Å². The first-order valence-corrected chi connectivity index (χ1v) is 6.04. The van der Waals surface area contributed by atoms with E-state index in [-0.39, 0.29) is 18.7 Å². The fourth-order valence-corrected chi connectivity index (χ4v) is 1.44. The first kappa shape index (κ1) is 18.7. The Morgan fingerprint density at radius 1 is 1.40 bits per heavy atom. The number of carbonyl (C=O) groups excluding carboxylic acids is 2. The second-order valence-corrected chi connectivity index (χ2v) is 4.11. The minimum absolute atomic E-state index is 0.0124. The number of amides is 2. The molecule has 0 aliphatic rings. The smallest absolute Gasteiger partial charge is 0.340 e. The van der Waals surface area contributed by atoms with E-state index in [1.165, 1.54) is 0 Å². The van der Waals surface area contributed by atoms with Gasteiger partial charge in [-0.15, -0.1) is 16.5 Å². The molecular weight excluding hydrogens is 298 g/mol. The van der Waals surface area contributed by atoms with Crippen molar-refractivity contribution >= 4 is 23.9 Å². The van der Waals surface area contributed by atoms with Gasteiger partial charge in [0.05, 0.1) is 24.5 Å². The molecule has 0 saturated carbocycles. The van der Waals surface area contributed by atoms with Crippen molar-refractivity contribution in [2.45, 2.75) is 24.4 Å². The third kappa shape index (κ3) is 5.35. The van der Waals surface area contributed by atoms with Crippen molar-refractivity contribution in [2.75, 3.05) is 19.0 Å². The van der Waals surface area contributed by atoms with Crippen LogP contribution in [0.5, 0.6) is 0 Å². The van der Waals surface area contributed by atoms with Gasteiger partial charge in [-0.3, -0.25) is 0 Å². The van der Waals surface area contributed by atoms with Crippen LogP contribution in [0.25, 0.3) is 0 Å². The topological polar surface area (TPSA) is 160 Å². The molecule has 10 nitrogen and oxygen atoms in total. The Balaban J connectivity index is 4.93. The number of halogens is 1. The zero-order valence-electron chi connectivity index (χ0n) is 10.3. The summed E-state index contributed by atoms with van der Waals surface area (Å²) in [5, 5.41) is 41.6. The molecule has 0 aromatic heterocycles. The van der Waals surface area contributed by atoms with E-state index in [1.54, 1.807) is 0 Å². The highest BCUT2D eigenvalue weighted by atomic mass is 35.5. The van der Waals surface area contributed by atoms with Gasteiger partial charge in [-0.25, -0.2) is 4.79 Å². The number of nitrogens with zero attached hydrogens (tertiary/aromatic N) is 2. The highest BCUT2D eigenvalue weighted by molar-refractivity contribution is 6.18. The molecule has 11 heteroatoms. The van der Waals surface area contributed by atoms with Crippen molar-refractivity contribution in [3.63, 3.8) is 0 Å². The van der Waals surface area contributed by atoms with Gasteiger partial charge in [0, 0.05) is 5.88 Å². The van der Waals surface area contributed by atoms with Crippen molar-refractivity contribution in [3.8, 4) is 0 Å². The predicted molar refractivity (Wildman–Crippen MR) is 66.7 cm³/mol. The summed E-state index contributed by atoms with van der Waals surface area (Å²) in [5.41, 5.74) is 0. The molecule has 0 aliphatic heterocycles. The second-order valence-electron chi connectivity index (χ2n) is 3.74. The molecule has 4 unspecified atom stereocenters. The van der Waals surface area contributed by atoms with Gasteiger partial charge in [0.2, 0.25) is 0 Å². The molecule has 0 aliphatic carbocycles. The fraction of sp³-hybridized carbons (Fsp3) is 0.778. The number of nitrogens with one attached hydrogen (secondary N) is 1. The molecule has 0 aromatic rings. The molecule has 0 rings (SSSR count). The number of hydrogen-bond acceptors (Lipinski definition) is 8. The number of aliphatic hydroxyl groups excluding tert-OH is 4. The Bertz CT molecular complexity index is 333. The third-order valence-corrected chi connectivity index (χ3v) is 2.55. The van der Waals surface area contributed by atoms with E-state index in [9.17, 15) is 29.8 Å². The van der Waals surface area contributed by atoms with Crippen LogP contribution in [0.1, 0.15) is 0 Å². The highest BCUT2D eigenvalue weighted by Crippen LogP contribution is 2.06. The average Bonchev–Trinajstić information content (AvgIpc) is 2.47. The van der Waals surface area contributed by atoms with Gasteiger partial charge in [0.1, 0.15) is 18.3 Å². The quantitative estimate of drug-likeness (QED) is 0.137. The zero-order valence-corrected chi connectivity index (χ0v) is 11.0. The van der Waals surface area contributed by atoms with Crippen LogP contribution < -0.4 is 5.32 Å². The number of aliphatic hydroxyl groups is 4. The lowest BCUT2D eigenvalue weighted by atomic mass is 10.0. The number of rotatable bonds is 9. The van der Waals surface area contributed by atoms with E-state index in [0.717, 1.165) is 0 Å². The molecule has 5 N–H and O–H groups in total. The highest BCUT2D eigenvalue weighted by Gasteiger charge is 2.34. The maximum absolute atomic E-state index is 11.6. The van der Waals surface area contributed by atoms with E-state index in [1.807, 2.05) is 5.32 Å². The van der Waals surface area contributed by atoms with Crippen LogP contribution in [0.2, 0.25) is 0 Å². The summed E-state index contributed by atoms with van der Waals surface area (Å²) in [7, 11) is 0. The lowest BCUT2D eigenvalue weighted by Gasteiger charge is -2.29. The van der Waals surface area contributed by atoms with Gasteiger partial charge in [-0.1, -0.05) is 0 Å². The summed E-state index contributed by atoms with van der Waals surface area (Å²) < 4.78 is 0. The summed E-state index contributed by atoms with van der Waals surface area (Å²) >= 11 is 5.33. The third-order valence-electron chi connectivity index (χ3n) is 2.38. The maximum Gasteiger partial charge on any atom is 0.340 e. The van der Waals surface area contributed by atoms with Crippen LogP contribution in [-0.4, -0.2) is 81.1 Å². The van der Waals surface area contributed by atoms with Crippen molar-refractivity contribution < 1.29 is 30.0 Å². The molecule has 0 heterocycles. The maximum atomic E-state index is 11.6. The molecule has 2 amide bonds. The number of urea groups is 1. The van der Waals surface area contributed by atoms with E-state index >= 15 is 0 Å². The Kier molecular flexibility index (Phi) is 8.92. The van der Waals surface area contributed by atoms with Crippen LogP contribution in [0.4, 0.5) is 4.79 Å². The summed E-state index contributed by atoms with van der Waals surface area (Å²) in [6.07, 6.45) is -5.40. The molecule has 0 bridgehead atoms. The summed E-state index contributed by atoms with van der Waals surface area (Å²) in [6.45, 7) is -1.10. The Labute approximate surface area is 118 Å². The average molecular weight is 314 g/mol. The van der Waals surface area contributed by atoms with Crippen molar-refractivity contribution in [1.29, 1.82) is 0 Å². The first-order chi connectivity index (χ1) is 9.42. The molecule has 0 fully saturated rings. The molecule has 0 aromatic carbocycles. The molecule has 0 radical (unpaired) electrons. The Hall–Kier alpha value is -1.33. The lowest BCUT2D eigenvalue weighted by molar-refractivity contribution is -0.120. The van der Waals surface area contributed by atoms with Gasteiger partial charge < -0.3 is 30.5 Å². The van der Waals surface area contributed by atoms with Gasteiger partial charge in [0.25, 0.3) is 0 Å². The van der Waals surface area contributed by atoms with Crippen LogP contribution >= 0.6 is 11.6 Å². The monoisotopic (exact) mass is 313 g/mol. The largest absolute Gasteiger partial charge is 0.394 e. The Morgan fingerprint density at radius 2 is 2.00 bits per heavy atom. The number of hydrogen-bond donors (Lipinski definition) is 5. The predicted octanol–water partition coefficient (Wildman–Crippen LogP) is -2.44. The van der Waals surface area contributed by atoms with Crippen LogP contribution in [0.15, 0.2) is 5.29 Å².